The molecule has 6 nitrogen and oxygen atoms in total. The van der Waals surface area contributed by atoms with E-state index in [-0.39, 0.29) is 5.69 Å². The fourth-order valence-electron chi connectivity index (χ4n) is 2.70. The van der Waals surface area contributed by atoms with E-state index in [0.717, 1.165) is 15.2 Å². The molecule has 3 heterocycles. The molecule has 0 saturated heterocycles. The summed E-state index contributed by atoms with van der Waals surface area (Å²) in [6, 6.07) is 7.36. The van der Waals surface area contributed by atoms with Gasteiger partial charge in [0.15, 0.2) is 0 Å². The summed E-state index contributed by atoms with van der Waals surface area (Å²) < 4.78 is 8.01. The molecule has 0 aliphatic heterocycles. The molecule has 0 spiro atoms. The van der Waals surface area contributed by atoms with Crippen LogP contribution in [0.1, 0.15) is 0 Å². The van der Waals surface area contributed by atoms with E-state index in [4.69, 9.17) is 4.42 Å². The van der Waals surface area contributed by atoms with Gasteiger partial charge < -0.3 is 9.73 Å². The summed E-state index contributed by atoms with van der Waals surface area (Å²) in [6.07, 6.45) is 4.91. The number of nitrogens with one attached hydrogen (secondary N) is 1. The van der Waals surface area contributed by atoms with Gasteiger partial charge in [-0.05, 0) is 40.2 Å². The number of hydrogen-bond acceptors (Lipinski definition) is 5. The van der Waals surface area contributed by atoms with Crippen molar-refractivity contribution < 1.29 is 4.42 Å². The number of aromatic nitrogens is 3. The van der Waals surface area contributed by atoms with E-state index in [1.54, 1.807) is 31.8 Å². The molecule has 0 amide bonds. The molecule has 1 N–H and O–H groups in total. The van der Waals surface area contributed by atoms with Gasteiger partial charge in [-0.15, -0.1) is 0 Å². The number of benzene rings is 1. The zero-order valence-electron chi connectivity index (χ0n) is 12.1. The Kier molecular flexibility index (Phi) is 3.16. The Balaban J connectivity index is 2.26. The molecular weight excluding hydrogens is 360 g/mol. The van der Waals surface area contributed by atoms with Gasteiger partial charge in [-0.25, -0.2) is 4.79 Å². The Morgan fingerprint density at radius 2 is 2.22 bits per heavy atom. The maximum Gasteiger partial charge on any atom is 0.354 e. The predicted octanol–water partition coefficient (Wildman–Crippen LogP) is 3.33. The Labute approximate surface area is 138 Å². The first-order chi connectivity index (χ1) is 11.2. The second-order valence-corrected chi connectivity index (χ2v) is 5.81. The van der Waals surface area contributed by atoms with Crippen LogP contribution in [0.15, 0.2) is 56.6 Å². The van der Waals surface area contributed by atoms with Crippen molar-refractivity contribution in [2.75, 3.05) is 12.4 Å². The Hall–Kier alpha value is -2.67. The SMILES string of the molecule is CNc1nc(=O)n(-c2cccnc2)c2cc(Br)c3ccoc3c12. The summed E-state index contributed by atoms with van der Waals surface area (Å²) in [5.41, 5.74) is 1.63. The van der Waals surface area contributed by atoms with E-state index in [0.29, 0.717) is 22.6 Å². The summed E-state index contributed by atoms with van der Waals surface area (Å²) in [7, 11) is 1.73. The number of halogens is 1. The van der Waals surface area contributed by atoms with Crippen molar-refractivity contribution >= 4 is 43.6 Å². The number of nitrogens with zero attached hydrogens (tertiary/aromatic N) is 3. The van der Waals surface area contributed by atoms with E-state index in [1.807, 2.05) is 18.2 Å². The third-order valence-corrected chi connectivity index (χ3v) is 4.34. The summed E-state index contributed by atoms with van der Waals surface area (Å²) in [5, 5.41) is 4.65. The lowest BCUT2D eigenvalue weighted by Gasteiger charge is -2.13. The van der Waals surface area contributed by atoms with Crippen molar-refractivity contribution in [3.8, 4) is 5.69 Å². The number of pyridine rings is 1. The summed E-state index contributed by atoms with van der Waals surface area (Å²) in [5.74, 6) is 0.484. The van der Waals surface area contributed by atoms with E-state index >= 15 is 0 Å². The normalized spacial score (nSPS) is 11.2. The van der Waals surface area contributed by atoms with Crippen molar-refractivity contribution in [1.29, 1.82) is 0 Å². The van der Waals surface area contributed by atoms with Crippen LogP contribution in [0.2, 0.25) is 0 Å². The molecule has 0 saturated carbocycles. The minimum atomic E-state index is -0.382. The van der Waals surface area contributed by atoms with Crippen LogP contribution in [-0.4, -0.2) is 21.6 Å². The zero-order valence-corrected chi connectivity index (χ0v) is 13.7. The molecule has 0 bridgehead atoms. The molecule has 0 radical (unpaired) electrons. The van der Waals surface area contributed by atoms with E-state index in [1.165, 1.54) is 4.57 Å². The number of fused-ring (bicyclic) bond motifs is 3. The predicted molar refractivity (Wildman–Crippen MR) is 92.2 cm³/mol. The average Bonchev–Trinajstić information content (AvgIpc) is 3.05. The molecule has 0 aliphatic carbocycles. The average molecular weight is 371 g/mol. The quantitative estimate of drug-likeness (QED) is 0.585. The molecular formula is C16H11BrN4O2. The van der Waals surface area contributed by atoms with Crippen LogP contribution in [0.4, 0.5) is 5.82 Å². The lowest BCUT2D eigenvalue weighted by atomic mass is 10.1. The summed E-state index contributed by atoms with van der Waals surface area (Å²) in [6.45, 7) is 0. The monoisotopic (exact) mass is 370 g/mol. The van der Waals surface area contributed by atoms with Crippen molar-refractivity contribution in [3.63, 3.8) is 0 Å². The van der Waals surface area contributed by atoms with E-state index in [9.17, 15) is 4.79 Å². The number of anilines is 1. The highest BCUT2D eigenvalue weighted by molar-refractivity contribution is 9.10. The largest absolute Gasteiger partial charge is 0.463 e. The van der Waals surface area contributed by atoms with Crippen LogP contribution >= 0.6 is 15.9 Å². The standard InChI is InChI=1S/C16H11BrN4O2/c1-18-15-13-12(7-11(17)10-4-6-23-14(10)13)21(16(22)20-15)9-3-2-5-19-8-9/h2-8H,1H3,(H,18,20,22). The van der Waals surface area contributed by atoms with Crippen LogP contribution in [-0.2, 0) is 0 Å². The first-order valence-electron chi connectivity index (χ1n) is 6.91. The molecule has 0 atom stereocenters. The van der Waals surface area contributed by atoms with Gasteiger partial charge in [0.1, 0.15) is 11.4 Å². The van der Waals surface area contributed by atoms with Gasteiger partial charge in [-0.2, -0.15) is 4.98 Å². The highest BCUT2D eigenvalue weighted by atomic mass is 79.9. The minimum Gasteiger partial charge on any atom is -0.463 e. The van der Waals surface area contributed by atoms with Gasteiger partial charge in [0.25, 0.3) is 0 Å². The number of hydrogen-bond donors (Lipinski definition) is 1. The third-order valence-electron chi connectivity index (χ3n) is 3.69. The lowest BCUT2D eigenvalue weighted by molar-refractivity contribution is 0.619. The third kappa shape index (κ3) is 2.04. The minimum absolute atomic E-state index is 0.382. The Bertz CT molecular complexity index is 1090. The molecule has 4 rings (SSSR count). The van der Waals surface area contributed by atoms with Crippen LogP contribution in [0.5, 0.6) is 0 Å². The fraction of sp³-hybridized carbons (Fsp3) is 0.0625. The molecule has 3 aromatic heterocycles. The Morgan fingerprint density at radius 1 is 1.35 bits per heavy atom. The van der Waals surface area contributed by atoms with Gasteiger partial charge in [0.05, 0.1) is 29.1 Å². The molecule has 1 aromatic carbocycles. The second-order valence-electron chi connectivity index (χ2n) is 4.96. The maximum atomic E-state index is 12.5. The Morgan fingerprint density at radius 3 is 2.96 bits per heavy atom. The molecule has 114 valence electrons. The van der Waals surface area contributed by atoms with Gasteiger partial charge in [0, 0.05) is 23.1 Å². The highest BCUT2D eigenvalue weighted by Gasteiger charge is 2.17. The highest BCUT2D eigenvalue weighted by Crippen LogP contribution is 2.35. The van der Waals surface area contributed by atoms with Crippen LogP contribution in [0.25, 0.3) is 27.6 Å². The number of furan rings is 1. The molecule has 7 heteroatoms. The van der Waals surface area contributed by atoms with E-state index < -0.39 is 0 Å². The zero-order chi connectivity index (χ0) is 16.0. The van der Waals surface area contributed by atoms with Crippen LogP contribution < -0.4 is 11.0 Å². The molecule has 0 fully saturated rings. The van der Waals surface area contributed by atoms with Crippen molar-refractivity contribution in [3.05, 3.63) is 57.9 Å². The van der Waals surface area contributed by atoms with Crippen LogP contribution in [0.3, 0.4) is 0 Å². The lowest BCUT2D eigenvalue weighted by Crippen LogP contribution is -2.23. The summed E-state index contributed by atoms with van der Waals surface area (Å²) >= 11 is 3.54. The molecule has 0 aliphatic rings. The molecule has 0 unspecified atom stereocenters. The maximum absolute atomic E-state index is 12.5. The molecule has 23 heavy (non-hydrogen) atoms. The molecule has 4 aromatic rings. The topological polar surface area (TPSA) is 73.0 Å². The van der Waals surface area contributed by atoms with Crippen molar-refractivity contribution in [2.45, 2.75) is 0 Å². The summed E-state index contributed by atoms with van der Waals surface area (Å²) in [4.78, 5) is 20.8. The first-order valence-corrected chi connectivity index (χ1v) is 7.70. The second kappa shape index (κ2) is 5.20. The van der Waals surface area contributed by atoms with Gasteiger partial charge in [-0.3, -0.25) is 9.55 Å². The fourth-order valence-corrected chi connectivity index (χ4v) is 3.23. The van der Waals surface area contributed by atoms with Gasteiger partial charge >= 0.3 is 5.69 Å². The van der Waals surface area contributed by atoms with Crippen molar-refractivity contribution in [2.24, 2.45) is 0 Å². The number of rotatable bonds is 2. The van der Waals surface area contributed by atoms with Gasteiger partial charge in [-0.1, -0.05) is 0 Å². The van der Waals surface area contributed by atoms with Gasteiger partial charge in [0.2, 0.25) is 0 Å². The van der Waals surface area contributed by atoms with E-state index in [2.05, 4.69) is 31.2 Å². The first kappa shape index (κ1) is 14.0. The smallest absolute Gasteiger partial charge is 0.354 e. The van der Waals surface area contributed by atoms with Crippen LogP contribution in [0, 0.1) is 0 Å². The van der Waals surface area contributed by atoms with Crippen molar-refractivity contribution in [1.82, 2.24) is 14.5 Å².